The first-order valence-corrected chi connectivity index (χ1v) is 5.71. The molecule has 17 heavy (non-hydrogen) atoms. The lowest BCUT2D eigenvalue weighted by molar-refractivity contribution is 0.157. The van der Waals surface area contributed by atoms with Crippen LogP contribution in [0.3, 0.4) is 0 Å². The molecular formula is C12H21N3O2. The lowest BCUT2D eigenvalue weighted by Crippen LogP contribution is -2.29. The first-order chi connectivity index (χ1) is 7.96. The van der Waals surface area contributed by atoms with E-state index < -0.39 is 0 Å². The molecule has 1 aromatic rings. The van der Waals surface area contributed by atoms with E-state index in [9.17, 15) is 4.79 Å². The predicted octanol–water partition coefficient (Wildman–Crippen LogP) is 1.25. The zero-order valence-electron chi connectivity index (χ0n) is 11.0. The van der Waals surface area contributed by atoms with Crippen molar-refractivity contribution in [2.24, 2.45) is 12.5 Å². The maximum absolute atomic E-state index is 11.7. The van der Waals surface area contributed by atoms with Gasteiger partial charge < -0.3 is 14.6 Å². The lowest BCUT2D eigenvalue weighted by Gasteiger charge is -2.24. The molecule has 0 saturated heterocycles. The third-order valence-electron chi connectivity index (χ3n) is 2.73. The average molecular weight is 239 g/mol. The summed E-state index contributed by atoms with van der Waals surface area (Å²) in [7, 11) is 3.41. The van der Waals surface area contributed by atoms with Crippen LogP contribution in [0.25, 0.3) is 0 Å². The van der Waals surface area contributed by atoms with Crippen molar-refractivity contribution in [3.05, 3.63) is 22.7 Å². The number of hydrogen-bond acceptors (Lipinski definition) is 4. The van der Waals surface area contributed by atoms with E-state index in [1.165, 1.54) is 4.57 Å². The first-order valence-electron chi connectivity index (χ1n) is 5.71. The molecule has 0 atom stereocenters. The van der Waals surface area contributed by atoms with E-state index in [-0.39, 0.29) is 11.0 Å². The van der Waals surface area contributed by atoms with Gasteiger partial charge in [-0.05, 0) is 11.8 Å². The van der Waals surface area contributed by atoms with Crippen molar-refractivity contribution in [1.82, 2.24) is 9.55 Å². The van der Waals surface area contributed by atoms with Crippen LogP contribution in [-0.2, 0) is 11.8 Å². The van der Waals surface area contributed by atoms with Gasteiger partial charge in [-0.15, -0.1) is 0 Å². The first kappa shape index (κ1) is 13.7. The molecule has 0 bridgehead atoms. The summed E-state index contributed by atoms with van der Waals surface area (Å²) in [5, 5.41) is 3.10. The smallest absolute Gasteiger partial charge is 0.293 e. The van der Waals surface area contributed by atoms with Crippen molar-refractivity contribution in [3.8, 4) is 0 Å². The topological polar surface area (TPSA) is 56.1 Å². The Kier molecular flexibility index (Phi) is 4.69. The maximum Gasteiger partial charge on any atom is 0.293 e. The Bertz CT molecular complexity index is 412. The predicted molar refractivity (Wildman–Crippen MR) is 68.2 cm³/mol. The molecule has 1 rings (SSSR count). The quantitative estimate of drug-likeness (QED) is 0.812. The summed E-state index contributed by atoms with van der Waals surface area (Å²) >= 11 is 0. The van der Waals surface area contributed by atoms with Crippen molar-refractivity contribution in [1.29, 1.82) is 0 Å². The molecule has 1 heterocycles. The van der Waals surface area contributed by atoms with Gasteiger partial charge in [0, 0.05) is 39.7 Å². The Morgan fingerprint density at radius 3 is 2.88 bits per heavy atom. The zero-order valence-corrected chi connectivity index (χ0v) is 11.0. The second-order valence-electron chi connectivity index (χ2n) is 4.95. The van der Waals surface area contributed by atoms with Gasteiger partial charge in [0.1, 0.15) is 0 Å². The Morgan fingerprint density at radius 1 is 1.53 bits per heavy atom. The molecule has 0 aliphatic rings. The summed E-state index contributed by atoms with van der Waals surface area (Å²) in [4.78, 5) is 15.8. The van der Waals surface area contributed by atoms with Crippen LogP contribution < -0.4 is 10.9 Å². The van der Waals surface area contributed by atoms with Crippen molar-refractivity contribution in [2.75, 3.05) is 25.6 Å². The Morgan fingerprint density at radius 2 is 2.24 bits per heavy atom. The standard InChI is InChI=1S/C12H21N3O2/c1-12(2,5-8-17-4)9-14-10-11(16)15(3)7-6-13-10/h6-7H,5,8-9H2,1-4H3,(H,13,14). The van der Waals surface area contributed by atoms with Gasteiger partial charge in [-0.1, -0.05) is 13.8 Å². The third-order valence-corrected chi connectivity index (χ3v) is 2.73. The van der Waals surface area contributed by atoms with Gasteiger partial charge >= 0.3 is 0 Å². The van der Waals surface area contributed by atoms with E-state index in [0.717, 1.165) is 13.0 Å². The maximum atomic E-state index is 11.7. The van der Waals surface area contributed by atoms with E-state index in [2.05, 4.69) is 24.1 Å². The number of nitrogens with one attached hydrogen (secondary N) is 1. The minimum atomic E-state index is -0.102. The molecule has 0 radical (unpaired) electrons. The summed E-state index contributed by atoms with van der Waals surface area (Å²) < 4.78 is 6.57. The molecule has 0 amide bonds. The minimum absolute atomic E-state index is 0.0680. The van der Waals surface area contributed by atoms with Gasteiger partial charge in [0.25, 0.3) is 5.56 Å². The number of rotatable bonds is 6. The van der Waals surface area contributed by atoms with Gasteiger partial charge in [-0.2, -0.15) is 0 Å². The normalized spacial score (nSPS) is 11.5. The van der Waals surface area contributed by atoms with E-state index in [0.29, 0.717) is 12.4 Å². The van der Waals surface area contributed by atoms with Crippen LogP contribution in [0.15, 0.2) is 17.2 Å². The molecule has 0 aliphatic heterocycles. The molecule has 96 valence electrons. The molecule has 0 aliphatic carbocycles. The van der Waals surface area contributed by atoms with Crippen molar-refractivity contribution in [2.45, 2.75) is 20.3 Å². The molecule has 1 aromatic heterocycles. The number of hydrogen-bond donors (Lipinski definition) is 1. The highest BCUT2D eigenvalue weighted by Gasteiger charge is 2.18. The fourth-order valence-corrected chi connectivity index (χ4v) is 1.41. The number of aryl methyl sites for hydroxylation is 1. The molecule has 0 saturated carbocycles. The average Bonchev–Trinajstić information content (AvgIpc) is 2.29. The van der Waals surface area contributed by atoms with Crippen LogP contribution in [0.4, 0.5) is 5.82 Å². The zero-order chi connectivity index (χ0) is 12.9. The number of methoxy groups -OCH3 is 1. The highest BCUT2D eigenvalue weighted by atomic mass is 16.5. The summed E-state index contributed by atoms with van der Waals surface area (Å²) in [6.45, 7) is 5.68. The molecule has 0 fully saturated rings. The fraction of sp³-hybridized carbons (Fsp3) is 0.667. The largest absolute Gasteiger partial charge is 0.385 e. The van der Waals surface area contributed by atoms with Crippen molar-refractivity contribution >= 4 is 5.82 Å². The molecule has 0 unspecified atom stereocenters. The fourth-order valence-electron chi connectivity index (χ4n) is 1.41. The summed E-state index contributed by atoms with van der Waals surface area (Å²) in [6.07, 6.45) is 4.19. The second-order valence-corrected chi connectivity index (χ2v) is 4.95. The van der Waals surface area contributed by atoms with Gasteiger partial charge in [-0.25, -0.2) is 4.98 Å². The van der Waals surface area contributed by atoms with Crippen LogP contribution in [0.5, 0.6) is 0 Å². The molecule has 5 nitrogen and oxygen atoms in total. The summed E-state index contributed by atoms with van der Waals surface area (Å²) in [5.41, 5.74) is -0.0338. The van der Waals surface area contributed by atoms with Crippen LogP contribution in [0.1, 0.15) is 20.3 Å². The molecular weight excluding hydrogens is 218 g/mol. The SMILES string of the molecule is COCCC(C)(C)CNc1nccn(C)c1=O. The van der Waals surface area contributed by atoms with Gasteiger partial charge in [-0.3, -0.25) is 4.79 Å². The minimum Gasteiger partial charge on any atom is -0.385 e. The van der Waals surface area contributed by atoms with Crippen LogP contribution in [0.2, 0.25) is 0 Å². The highest BCUT2D eigenvalue weighted by Crippen LogP contribution is 2.19. The number of nitrogens with zero attached hydrogens (tertiary/aromatic N) is 2. The molecule has 0 aromatic carbocycles. The monoisotopic (exact) mass is 239 g/mol. The second kappa shape index (κ2) is 5.82. The summed E-state index contributed by atoms with van der Waals surface area (Å²) in [5.74, 6) is 0.403. The number of anilines is 1. The molecule has 5 heteroatoms. The van der Waals surface area contributed by atoms with Crippen LogP contribution in [0, 0.1) is 5.41 Å². The van der Waals surface area contributed by atoms with E-state index in [4.69, 9.17) is 4.74 Å². The van der Waals surface area contributed by atoms with E-state index in [1.54, 1.807) is 26.6 Å². The molecule has 1 N–H and O–H groups in total. The Hall–Kier alpha value is -1.36. The number of aromatic nitrogens is 2. The third kappa shape index (κ3) is 4.19. The van der Waals surface area contributed by atoms with Crippen LogP contribution >= 0.6 is 0 Å². The Labute approximate surface area is 102 Å². The van der Waals surface area contributed by atoms with Crippen molar-refractivity contribution < 1.29 is 4.74 Å². The lowest BCUT2D eigenvalue weighted by atomic mass is 9.90. The van der Waals surface area contributed by atoms with E-state index >= 15 is 0 Å². The number of ether oxygens (including phenoxy) is 1. The van der Waals surface area contributed by atoms with Crippen LogP contribution in [-0.4, -0.2) is 29.8 Å². The highest BCUT2D eigenvalue weighted by molar-refractivity contribution is 5.30. The molecule has 0 spiro atoms. The summed E-state index contributed by atoms with van der Waals surface area (Å²) in [6, 6.07) is 0. The van der Waals surface area contributed by atoms with Gasteiger partial charge in [0.2, 0.25) is 0 Å². The van der Waals surface area contributed by atoms with Crippen molar-refractivity contribution in [3.63, 3.8) is 0 Å². The van der Waals surface area contributed by atoms with Gasteiger partial charge in [0.15, 0.2) is 5.82 Å². The van der Waals surface area contributed by atoms with E-state index in [1.807, 2.05) is 0 Å². The van der Waals surface area contributed by atoms with Gasteiger partial charge in [0.05, 0.1) is 0 Å². The Balaban J connectivity index is 2.61.